The van der Waals surface area contributed by atoms with Gasteiger partial charge in [0.05, 0.1) is 0 Å². The van der Waals surface area contributed by atoms with Gasteiger partial charge in [-0.3, -0.25) is 4.79 Å². The Labute approximate surface area is 124 Å². The van der Waals surface area contributed by atoms with Crippen LogP contribution in [0.3, 0.4) is 0 Å². The third-order valence-electron chi connectivity index (χ3n) is 3.36. The molecule has 110 valence electrons. The first-order chi connectivity index (χ1) is 10.1. The molecule has 0 spiro atoms. The number of anilines is 2. The van der Waals surface area contributed by atoms with Crippen LogP contribution in [0.4, 0.5) is 15.8 Å². The molecule has 0 aliphatic carbocycles. The third-order valence-corrected chi connectivity index (χ3v) is 3.36. The van der Waals surface area contributed by atoms with Crippen LogP contribution in [0.5, 0.6) is 0 Å². The van der Waals surface area contributed by atoms with E-state index in [0.29, 0.717) is 5.56 Å². The Morgan fingerprint density at radius 1 is 1.00 bits per heavy atom. The molecule has 2 rings (SSSR count). The van der Waals surface area contributed by atoms with Crippen molar-refractivity contribution in [2.24, 2.45) is 0 Å². The van der Waals surface area contributed by atoms with Gasteiger partial charge in [-0.2, -0.15) is 0 Å². The van der Waals surface area contributed by atoms with Crippen LogP contribution in [-0.2, 0) is 0 Å². The van der Waals surface area contributed by atoms with E-state index in [0.717, 1.165) is 24.5 Å². The Bertz CT molecular complexity index is 589. The summed E-state index contributed by atoms with van der Waals surface area (Å²) in [5.41, 5.74) is 2.28. The molecular weight excluding hydrogens is 267 g/mol. The lowest BCUT2D eigenvalue weighted by Gasteiger charge is -2.21. The lowest BCUT2D eigenvalue weighted by Crippen LogP contribution is -2.21. The van der Waals surface area contributed by atoms with Gasteiger partial charge in [-0.1, -0.05) is 0 Å². The predicted molar refractivity (Wildman–Crippen MR) is 84.4 cm³/mol. The molecule has 0 aromatic heterocycles. The van der Waals surface area contributed by atoms with Gasteiger partial charge < -0.3 is 10.2 Å². The van der Waals surface area contributed by atoms with Crippen molar-refractivity contribution in [3.8, 4) is 0 Å². The van der Waals surface area contributed by atoms with Crippen molar-refractivity contribution in [2.45, 2.75) is 13.8 Å². The summed E-state index contributed by atoms with van der Waals surface area (Å²) < 4.78 is 12.8. The molecule has 0 aliphatic rings. The zero-order valence-electron chi connectivity index (χ0n) is 12.3. The number of halogens is 1. The van der Waals surface area contributed by atoms with E-state index in [4.69, 9.17) is 0 Å². The number of hydrogen-bond donors (Lipinski definition) is 1. The summed E-state index contributed by atoms with van der Waals surface area (Å²) in [5, 5.41) is 2.80. The number of hydrogen-bond acceptors (Lipinski definition) is 2. The fourth-order valence-electron chi connectivity index (χ4n) is 2.15. The van der Waals surface area contributed by atoms with Crippen LogP contribution in [0, 0.1) is 5.82 Å². The van der Waals surface area contributed by atoms with E-state index < -0.39 is 0 Å². The van der Waals surface area contributed by atoms with Gasteiger partial charge in [0, 0.05) is 30.0 Å². The number of nitrogens with zero attached hydrogens (tertiary/aromatic N) is 1. The summed E-state index contributed by atoms with van der Waals surface area (Å²) in [6.07, 6.45) is 0. The summed E-state index contributed by atoms with van der Waals surface area (Å²) in [7, 11) is 0. The van der Waals surface area contributed by atoms with Gasteiger partial charge in [-0.15, -0.1) is 0 Å². The second-order valence-electron chi connectivity index (χ2n) is 4.68. The Morgan fingerprint density at radius 3 is 2.10 bits per heavy atom. The molecule has 0 saturated carbocycles. The Kier molecular flexibility index (Phi) is 4.93. The molecule has 0 fully saturated rings. The smallest absolute Gasteiger partial charge is 0.255 e. The molecule has 0 atom stereocenters. The largest absolute Gasteiger partial charge is 0.372 e. The maximum absolute atomic E-state index is 12.8. The quantitative estimate of drug-likeness (QED) is 0.903. The number of carbonyl (C=O) groups excluding carboxylic acids is 1. The molecule has 2 aromatic rings. The van der Waals surface area contributed by atoms with Crippen LogP contribution in [-0.4, -0.2) is 19.0 Å². The number of benzene rings is 2. The van der Waals surface area contributed by atoms with E-state index in [1.54, 1.807) is 0 Å². The molecule has 1 amide bonds. The standard InChI is InChI=1S/C17H19FN2O/c1-3-20(4-2)16-11-9-15(10-12-16)19-17(21)13-5-7-14(18)8-6-13/h5-12H,3-4H2,1-2H3,(H,19,21). The summed E-state index contributed by atoms with van der Waals surface area (Å²) in [4.78, 5) is 14.2. The van der Waals surface area contributed by atoms with Gasteiger partial charge in [-0.05, 0) is 62.4 Å². The van der Waals surface area contributed by atoms with E-state index in [1.807, 2.05) is 24.3 Å². The van der Waals surface area contributed by atoms with E-state index in [2.05, 4.69) is 24.1 Å². The molecule has 0 radical (unpaired) electrons. The molecule has 0 saturated heterocycles. The summed E-state index contributed by atoms with van der Waals surface area (Å²) in [6.45, 7) is 6.09. The van der Waals surface area contributed by atoms with Crippen LogP contribution in [0.2, 0.25) is 0 Å². The third kappa shape index (κ3) is 3.81. The lowest BCUT2D eigenvalue weighted by molar-refractivity contribution is 0.102. The highest BCUT2D eigenvalue weighted by molar-refractivity contribution is 6.04. The average molecular weight is 286 g/mol. The van der Waals surface area contributed by atoms with Crippen LogP contribution in [0.15, 0.2) is 48.5 Å². The van der Waals surface area contributed by atoms with Gasteiger partial charge in [0.25, 0.3) is 5.91 Å². The molecule has 21 heavy (non-hydrogen) atoms. The van der Waals surface area contributed by atoms with Gasteiger partial charge in [0.15, 0.2) is 0 Å². The first-order valence-corrected chi connectivity index (χ1v) is 7.06. The second kappa shape index (κ2) is 6.88. The maximum atomic E-state index is 12.8. The molecule has 1 N–H and O–H groups in total. The Hall–Kier alpha value is -2.36. The molecule has 0 aliphatic heterocycles. The Morgan fingerprint density at radius 2 is 1.57 bits per heavy atom. The minimum absolute atomic E-state index is 0.245. The zero-order chi connectivity index (χ0) is 15.2. The lowest BCUT2D eigenvalue weighted by atomic mass is 10.2. The monoisotopic (exact) mass is 286 g/mol. The fourth-order valence-corrected chi connectivity index (χ4v) is 2.15. The number of amides is 1. The number of nitrogens with one attached hydrogen (secondary N) is 1. The van der Waals surface area contributed by atoms with Gasteiger partial charge in [0.2, 0.25) is 0 Å². The van der Waals surface area contributed by atoms with Crippen molar-refractivity contribution >= 4 is 17.3 Å². The van der Waals surface area contributed by atoms with Crippen molar-refractivity contribution < 1.29 is 9.18 Å². The number of carbonyl (C=O) groups is 1. The maximum Gasteiger partial charge on any atom is 0.255 e. The fraction of sp³-hybridized carbons (Fsp3) is 0.235. The first kappa shape index (κ1) is 15.0. The second-order valence-corrected chi connectivity index (χ2v) is 4.68. The van der Waals surface area contributed by atoms with E-state index in [-0.39, 0.29) is 11.7 Å². The predicted octanol–water partition coefficient (Wildman–Crippen LogP) is 3.92. The highest BCUT2D eigenvalue weighted by atomic mass is 19.1. The first-order valence-electron chi connectivity index (χ1n) is 7.06. The molecule has 0 unspecified atom stereocenters. The minimum atomic E-state index is -0.352. The SMILES string of the molecule is CCN(CC)c1ccc(NC(=O)c2ccc(F)cc2)cc1. The highest BCUT2D eigenvalue weighted by Gasteiger charge is 2.07. The van der Waals surface area contributed by atoms with Crippen molar-refractivity contribution in [2.75, 3.05) is 23.3 Å². The minimum Gasteiger partial charge on any atom is -0.372 e. The number of rotatable bonds is 5. The van der Waals surface area contributed by atoms with Gasteiger partial charge in [0.1, 0.15) is 5.82 Å². The van der Waals surface area contributed by atoms with Gasteiger partial charge in [-0.25, -0.2) is 4.39 Å². The van der Waals surface area contributed by atoms with E-state index in [9.17, 15) is 9.18 Å². The normalized spacial score (nSPS) is 10.2. The summed E-state index contributed by atoms with van der Waals surface area (Å²) in [5.74, 6) is -0.597. The van der Waals surface area contributed by atoms with E-state index >= 15 is 0 Å². The topological polar surface area (TPSA) is 32.3 Å². The molecule has 0 heterocycles. The molecule has 3 nitrogen and oxygen atoms in total. The van der Waals surface area contributed by atoms with Crippen molar-refractivity contribution in [1.29, 1.82) is 0 Å². The molecule has 4 heteroatoms. The average Bonchev–Trinajstić information content (AvgIpc) is 2.51. The Balaban J connectivity index is 2.06. The summed E-state index contributed by atoms with van der Waals surface area (Å²) >= 11 is 0. The molecular formula is C17H19FN2O. The van der Waals surface area contributed by atoms with Crippen molar-refractivity contribution in [3.05, 3.63) is 59.9 Å². The van der Waals surface area contributed by atoms with Crippen molar-refractivity contribution in [3.63, 3.8) is 0 Å². The molecule has 0 bridgehead atoms. The van der Waals surface area contributed by atoms with Crippen LogP contribution in [0.25, 0.3) is 0 Å². The van der Waals surface area contributed by atoms with Crippen LogP contribution >= 0.6 is 0 Å². The molecule has 2 aromatic carbocycles. The van der Waals surface area contributed by atoms with Gasteiger partial charge >= 0.3 is 0 Å². The summed E-state index contributed by atoms with van der Waals surface area (Å²) in [6, 6.07) is 13.2. The van der Waals surface area contributed by atoms with E-state index in [1.165, 1.54) is 24.3 Å². The highest BCUT2D eigenvalue weighted by Crippen LogP contribution is 2.18. The van der Waals surface area contributed by atoms with Crippen LogP contribution < -0.4 is 10.2 Å². The zero-order valence-corrected chi connectivity index (χ0v) is 12.3. The van der Waals surface area contributed by atoms with Crippen molar-refractivity contribution in [1.82, 2.24) is 0 Å². The van der Waals surface area contributed by atoms with Crippen LogP contribution in [0.1, 0.15) is 24.2 Å².